The maximum atomic E-state index is 12.2. The lowest BCUT2D eigenvalue weighted by molar-refractivity contribution is -0.274. The molecule has 0 bridgehead atoms. The Hall–Kier alpha value is -1.56. The maximum absolute atomic E-state index is 12.2. The van der Waals surface area contributed by atoms with E-state index in [-0.39, 0.29) is 30.2 Å². The molecular weight excluding hydrogens is 283 g/mol. The molecule has 0 aromatic heterocycles. The Labute approximate surface area is 122 Å². The van der Waals surface area contributed by atoms with Gasteiger partial charge in [0, 0.05) is 17.6 Å². The molecule has 0 unspecified atom stereocenters. The van der Waals surface area contributed by atoms with Crippen LogP contribution in [0.2, 0.25) is 0 Å². The average Bonchev–Trinajstić information content (AvgIpc) is 2.33. The number of nitrogens with zero attached hydrogens (tertiary/aromatic N) is 1. The third-order valence-electron chi connectivity index (χ3n) is 3.06. The average molecular weight is 303 g/mol. The van der Waals surface area contributed by atoms with Gasteiger partial charge in [-0.2, -0.15) is 0 Å². The quantitative estimate of drug-likeness (QED) is 0.747. The van der Waals surface area contributed by atoms with Crippen molar-refractivity contribution >= 4 is 5.78 Å². The van der Waals surface area contributed by atoms with Gasteiger partial charge in [-0.05, 0) is 52.0 Å². The molecule has 0 saturated heterocycles. The zero-order valence-electron chi connectivity index (χ0n) is 12.6. The molecule has 3 nitrogen and oxygen atoms in total. The van der Waals surface area contributed by atoms with E-state index in [0.717, 1.165) is 12.1 Å². The third-order valence-corrected chi connectivity index (χ3v) is 3.06. The van der Waals surface area contributed by atoms with Crippen molar-refractivity contribution in [3.8, 4) is 5.75 Å². The molecule has 0 atom stereocenters. The molecule has 21 heavy (non-hydrogen) atoms. The number of halogens is 3. The molecule has 0 amide bonds. The molecule has 1 aromatic carbocycles. The van der Waals surface area contributed by atoms with Gasteiger partial charge in [-0.15, -0.1) is 13.2 Å². The number of hydrogen-bond donors (Lipinski definition) is 0. The van der Waals surface area contributed by atoms with Crippen LogP contribution in [0.3, 0.4) is 0 Å². The van der Waals surface area contributed by atoms with Crippen LogP contribution in [0.25, 0.3) is 0 Å². The lowest BCUT2D eigenvalue weighted by Gasteiger charge is -2.29. The highest BCUT2D eigenvalue weighted by Gasteiger charge is 2.31. The second-order valence-corrected chi connectivity index (χ2v) is 5.36. The molecule has 0 aliphatic rings. The maximum Gasteiger partial charge on any atom is 0.573 e. The molecule has 0 spiro atoms. The minimum absolute atomic E-state index is 0.129. The summed E-state index contributed by atoms with van der Waals surface area (Å²) in [5.74, 6) is -0.459. The van der Waals surface area contributed by atoms with Crippen LogP contribution in [0.1, 0.15) is 38.1 Å². The monoisotopic (exact) mass is 303 g/mol. The number of ketones is 1. The van der Waals surface area contributed by atoms with Crippen molar-refractivity contribution in [2.75, 3.05) is 6.54 Å². The molecular formula is C15H20F3NO2. The summed E-state index contributed by atoms with van der Waals surface area (Å²) >= 11 is 0. The number of benzene rings is 1. The lowest BCUT2D eigenvalue weighted by Crippen LogP contribution is -2.40. The first-order valence-corrected chi connectivity index (χ1v) is 6.75. The van der Waals surface area contributed by atoms with Crippen molar-refractivity contribution < 1.29 is 22.7 Å². The highest BCUT2D eigenvalue weighted by molar-refractivity contribution is 5.97. The minimum atomic E-state index is -4.72. The van der Waals surface area contributed by atoms with Gasteiger partial charge in [0.2, 0.25) is 0 Å². The summed E-state index contributed by atoms with van der Waals surface area (Å²) in [4.78, 5) is 14.2. The Balaban J connectivity index is 2.75. The van der Waals surface area contributed by atoms with Gasteiger partial charge in [0.05, 0.1) is 6.54 Å². The largest absolute Gasteiger partial charge is 0.573 e. The molecule has 0 fully saturated rings. The predicted molar refractivity (Wildman–Crippen MR) is 74.4 cm³/mol. The van der Waals surface area contributed by atoms with Crippen LogP contribution in [0.4, 0.5) is 13.2 Å². The van der Waals surface area contributed by atoms with Crippen molar-refractivity contribution in [1.82, 2.24) is 4.90 Å². The Kier molecular flexibility index (Phi) is 5.78. The van der Waals surface area contributed by atoms with E-state index in [1.807, 2.05) is 32.6 Å². The van der Waals surface area contributed by atoms with Crippen LogP contribution in [-0.4, -0.2) is 35.7 Å². The van der Waals surface area contributed by atoms with Crippen molar-refractivity contribution in [2.24, 2.45) is 0 Å². The molecule has 118 valence electrons. The molecule has 0 aliphatic carbocycles. The number of carbonyl (C=O) groups excluding carboxylic acids is 1. The van der Waals surface area contributed by atoms with E-state index in [2.05, 4.69) is 4.74 Å². The van der Waals surface area contributed by atoms with Crippen LogP contribution in [0.15, 0.2) is 24.3 Å². The fourth-order valence-corrected chi connectivity index (χ4v) is 2.06. The number of alkyl halides is 3. The number of carbonyl (C=O) groups is 1. The molecule has 0 radical (unpaired) electrons. The highest BCUT2D eigenvalue weighted by Crippen LogP contribution is 2.23. The van der Waals surface area contributed by atoms with Crippen LogP contribution >= 0.6 is 0 Å². The van der Waals surface area contributed by atoms with Gasteiger partial charge < -0.3 is 4.74 Å². The summed E-state index contributed by atoms with van der Waals surface area (Å²) in [6.45, 7) is 8.21. The fraction of sp³-hybridized carbons (Fsp3) is 0.533. The van der Waals surface area contributed by atoms with Gasteiger partial charge in [-0.3, -0.25) is 9.69 Å². The van der Waals surface area contributed by atoms with Crippen LogP contribution in [0.5, 0.6) is 5.75 Å². The minimum Gasteiger partial charge on any atom is -0.406 e. The van der Waals surface area contributed by atoms with E-state index in [9.17, 15) is 18.0 Å². The van der Waals surface area contributed by atoms with E-state index in [1.54, 1.807) is 0 Å². The molecule has 0 N–H and O–H groups in total. The lowest BCUT2D eigenvalue weighted by atomic mass is 10.1. The highest BCUT2D eigenvalue weighted by atomic mass is 19.4. The van der Waals surface area contributed by atoms with E-state index in [1.165, 1.54) is 12.1 Å². The van der Waals surface area contributed by atoms with Crippen molar-refractivity contribution in [1.29, 1.82) is 0 Å². The first-order chi connectivity index (χ1) is 9.60. The Morgan fingerprint density at radius 1 is 1.10 bits per heavy atom. The summed E-state index contributed by atoms with van der Waals surface area (Å²) < 4.78 is 39.9. The second kappa shape index (κ2) is 6.93. The first-order valence-electron chi connectivity index (χ1n) is 6.75. The Morgan fingerprint density at radius 3 is 1.95 bits per heavy atom. The van der Waals surface area contributed by atoms with Gasteiger partial charge in [-0.1, -0.05) is 0 Å². The second-order valence-electron chi connectivity index (χ2n) is 5.36. The standard InChI is InChI=1S/C15H20F3NO2/c1-10(2)19(11(3)4)9-14(20)12-5-7-13(8-6-12)21-15(16,17)18/h5-8,10-11H,9H2,1-4H3. The summed E-state index contributed by atoms with van der Waals surface area (Å²) in [5, 5.41) is 0. The summed E-state index contributed by atoms with van der Waals surface area (Å²) in [7, 11) is 0. The summed E-state index contributed by atoms with van der Waals surface area (Å²) in [5.41, 5.74) is 0.371. The molecule has 0 heterocycles. The number of rotatable bonds is 6. The predicted octanol–water partition coefficient (Wildman–Crippen LogP) is 3.89. The molecule has 6 heteroatoms. The van der Waals surface area contributed by atoms with Crippen LogP contribution in [0, 0.1) is 0 Å². The summed E-state index contributed by atoms with van der Waals surface area (Å²) in [6, 6.07) is 5.42. The number of hydrogen-bond acceptors (Lipinski definition) is 3. The van der Waals surface area contributed by atoms with Crippen LogP contribution < -0.4 is 4.74 Å². The van der Waals surface area contributed by atoms with Gasteiger partial charge in [-0.25, -0.2) is 0 Å². The Morgan fingerprint density at radius 2 is 1.57 bits per heavy atom. The zero-order chi connectivity index (χ0) is 16.2. The Bertz CT molecular complexity index is 459. The van der Waals surface area contributed by atoms with Crippen molar-refractivity contribution in [3.05, 3.63) is 29.8 Å². The molecule has 0 aliphatic heterocycles. The third kappa shape index (κ3) is 5.75. The smallest absolute Gasteiger partial charge is 0.406 e. The normalized spacial score (nSPS) is 12.3. The van der Waals surface area contributed by atoms with E-state index >= 15 is 0 Å². The van der Waals surface area contributed by atoms with E-state index in [0.29, 0.717) is 5.56 Å². The summed E-state index contributed by atoms with van der Waals surface area (Å²) in [6.07, 6.45) is -4.72. The van der Waals surface area contributed by atoms with Gasteiger partial charge >= 0.3 is 6.36 Å². The molecule has 1 rings (SSSR count). The van der Waals surface area contributed by atoms with Gasteiger partial charge in [0.1, 0.15) is 5.75 Å². The number of ether oxygens (including phenoxy) is 1. The van der Waals surface area contributed by atoms with Crippen molar-refractivity contribution in [2.45, 2.75) is 46.1 Å². The van der Waals surface area contributed by atoms with Crippen LogP contribution in [-0.2, 0) is 0 Å². The van der Waals surface area contributed by atoms with E-state index in [4.69, 9.17) is 0 Å². The SMILES string of the molecule is CC(C)N(CC(=O)c1ccc(OC(F)(F)F)cc1)C(C)C. The molecule has 0 saturated carbocycles. The van der Waals surface area contributed by atoms with E-state index < -0.39 is 6.36 Å². The first kappa shape index (κ1) is 17.5. The fourth-order valence-electron chi connectivity index (χ4n) is 2.06. The van der Waals surface area contributed by atoms with Gasteiger partial charge in [0.25, 0.3) is 0 Å². The number of Topliss-reactive ketones (excluding diaryl/α,β-unsaturated/α-hetero) is 1. The topological polar surface area (TPSA) is 29.5 Å². The zero-order valence-corrected chi connectivity index (χ0v) is 12.6. The molecule has 1 aromatic rings. The van der Waals surface area contributed by atoms with Gasteiger partial charge in [0.15, 0.2) is 5.78 Å². The van der Waals surface area contributed by atoms with Crippen molar-refractivity contribution in [3.63, 3.8) is 0 Å².